The number of carbonyl (C=O) groups is 1. The van der Waals surface area contributed by atoms with Crippen molar-refractivity contribution in [3.8, 4) is 33.9 Å². The van der Waals surface area contributed by atoms with E-state index in [4.69, 9.17) is 10.5 Å². The van der Waals surface area contributed by atoms with Crippen molar-refractivity contribution in [3.63, 3.8) is 0 Å². The summed E-state index contributed by atoms with van der Waals surface area (Å²) in [6.07, 6.45) is -0.548. The van der Waals surface area contributed by atoms with Gasteiger partial charge in [-0.3, -0.25) is 4.79 Å². The van der Waals surface area contributed by atoms with E-state index in [0.717, 1.165) is 23.9 Å². The third kappa shape index (κ3) is 5.57. The highest BCUT2D eigenvalue weighted by Gasteiger charge is 2.31. The molecule has 0 bridgehead atoms. The van der Waals surface area contributed by atoms with Crippen LogP contribution >= 0.6 is 0 Å². The number of amides is 1. The molecule has 0 saturated carbocycles. The lowest BCUT2D eigenvalue weighted by atomic mass is 9.92. The molecule has 3 aromatic heterocycles. The quantitative estimate of drug-likeness (QED) is 0.229. The third-order valence-corrected chi connectivity index (χ3v) is 6.30. The van der Waals surface area contributed by atoms with Gasteiger partial charge in [-0.1, -0.05) is 6.07 Å². The molecular formula is C29H23F3N6O3. The van der Waals surface area contributed by atoms with Gasteiger partial charge >= 0.3 is 6.18 Å². The summed E-state index contributed by atoms with van der Waals surface area (Å²) in [5.74, 6) is -0.634. The molecule has 208 valence electrons. The maximum absolute atomic E-state index is 13.1. The van der Waals surface area contributed by atoms with E-state index in [0.29, 0.717) is 45.6 Å². The molecule has 0 unspecified atom stereocenters. The van der Waals surface area contributed by atoms with Gasteiger partial charge in [-0.25, -0.2) is 19.9 Å². The molecule has 9 nitrogen and oxygen atoms in total. The number of fused-ring (bicyclic) bond motifs is 1. The molecule has 0 atom stereocenters. The fourth-order valence-electron chi connectivity index (χ4n) is 4.34. The third-order valence-electron chi connectivity index (χ3n) is 6.30. The Bertz CT molecular complexity index is 1780. The van der Waals surface area contributed by atoms with Gasteiger partial charge in [0.05, 0.1) is 23.3 Å². The minimum absolute atomic E-state index is 0.0165. The molecule has 0 saturated heterocycles. The molecular weight excluding hydrogens is 537 g/mol. The molecule has 1 amide bonds. The molecule has 0 aliphatic rings. The summed E-state index contributed by atoms with van der Waals surface area (Å²) in [5, 5.41) is 14.5. The molecule has 41 heavy (non-hydrogen) atoms. The highest BCUT2D eigenvalue weighted by atomic mass is 19.4. The Morgan fingerprint density at radius 3 is 2.54 bits per heavy atom. The molecule has 5 rings (SSSR count). The maximum Gasteiger partial charge on any atom is 0.416 e. The summed E-state index contributed by atoms with van der Waals surface area (Å²) in [7, 11) is 0. The van der Waals surface area contributed by atoms with E-state index >= 15 is 0 Å². The van der Waals surface area contributed by atoms with Crippen molar-refractivity contribution < 1.29 is 27.8 Å². The minimum Gasteiger partial charge on any atom is -0.507 e. The van der Waals surface area contributed by atoms with Crippen molar-refractivity contribution in [2.24, 2.45) is 0 Å². The van der Waals surface area contributed by atoms with Gasteiger partial charge < -0.3 is 20.9 Å². The first-order valence-electron chi connectivity index (χ1n) is 12.4. The summed E-state index contributed by atoms with van der Waals surface area (Å²) >= 11 is 0. The van der Waals surface area contributed by atoms with Crippen molar-refractivity contribution in [1.82, 2.24) is 19.9 Å². The zero-order valence-corrected chi connectivity index (χ0v) is 21.8. The Balaban J connectivity index is 1.60. The lowest BCUT2D eigenvalue weighted by molar-refractivity contribution is -0.137. The number of aromatic hydroxyl groups is 1. The molecule has 12 heteroatoms. The zero-order valence-electron chi connectivity index (χ0n) is 21.8. The number of pyridine rings is 2. The van der Waals surface area contributed by atoms with Crippen molar-refractivity contribution in [1.29, 1.82) is 0 Å². The molecule has 0 spiro atoms. The van der Waals surface area contributed by atoms with Gasteiger partial charge in [-0.05, 0) is 61.4 Å². The second-order valence-electron chi connectivity index (χ2n) is 9.04. The normalized spacial score (nSPS) is 11.4. The van der Waals surface area contributed by atoms with Gasteiger partial charge in [-0.15, -0.1) is 0 Å². The number of nitrogens with two attached hydrogens (primary N) is 1. The predicted molar refractivity (Wildman–Crippen MR) is 147 cm³/mol. The maximum atomic E-state index is 13.1. The van der Waals surface area contributed by atoms with Gasteiger partial charge in [-0.2, -0.15) is 13.2 Å². The summed E-state index contributed by atoms with van der Waals surface area (Å²) in [6, 6.07) is 11.4. The Kier molecular flexibility index (Phi) is 7.14. The standard InChI is InChI=1S/C29H23F3N6O3/c1-3-41-23-7-6-17(13-35-23)24-25-18(14-36-28(33)38-25)11-21(26(24)39)20-10-16(5-4-15(20)2)27(40)37-22-12-19(8-9-34-22)29(30,31)32/h4-14,39H,3H2,1-2H3,(H2,33,36,38)(H,34,37,40). The summed E-state index contributed by atoms with van der Waals surface area (Å²) in [6.45, 7) is 4.07. The van der Waals surface area contributed by atoms with E-state index in [1.54, 1.807) is 37.4 Å². The Hall–Kier alpha value is -5.26. The molecule has 5 aromatic rings. The topological polar surface area (TPSA) is 136 Å². The van der Waals surface area contributed by atoms with E-state index in [1.165, 1.54) is 18.3 Å². The van der Waals surface area contributed by atoms with E-state index in [1.807, 2.05) is 6.92 Å². The number of rotatable bonds is 6. The largest absolute Gasteiger partial charge is 0.507 e. The van der Waals surface area contributed by atoms with E-state index in [-0.39, 0.29) is 23.1 Å². The highest BCUT2D eigenvalue weighted by molar-refractivity contribution is 6.06. The first-order chi connectivity index (χ1) is 19.5. The van der Waals surface area contributed by atoms with E-state index in [2.05, 4.69) is 25.3 Å². The van der Waals surface area contributed by atoms with Crippen molar-refractivity contribution in [3.05, 3.63) is 83.8 Å². The molecule has 3 heterocycles. The van der Waals surface area contributed by atoms with Gasteiger partial charge in [0.2, 0.25) is 11.8 Å². The number of alkyl halides is 3. The van der Waals surface area contributed by atoms with Gasteiger partial charge in [0.1, 0.15) is 11.6 Å². The van der Waals surface area contributed by atoms with Crippen LogP contribution in [0.25, 0.3) is 33.2 Å². The number of aryl methyl sites for hydroxylation is 1. The van der Waals surface area contributed by atoms with E-state index < -0.39 is 17.6 Å². The van der Waals surface area contributed by atoms with Gasteiger partial charge in [0.15, 0.2) is 0 Å². The lowest BCUT2D eigenvalue weighted by Gasteiger charge is -2.16. The van der Waals surface area contributed by atoms with Crippen LogP contribution in [0, 0.1) is 6.92 Å². The number of carbonyl (C=O) groups excluding carboxylic acids is 1. The van der Waals surface area contributed by atoms with Crippen LogP contribution in [0.2, 0.25) is 0 Å². The van der Waals surface area contributed by atoms with Crippen LogP contribution in [0.15, 0.2) is 67.1 Å². The van der Waals surface area contributed by atoms with Crippen molar-refractivity contribution in [2.75, 3.05) is 17.7 Å². The number of anilines is 2. The van der Waals surface area contributed by atoms with E-state index in [9.17, 15) is 23.1 Å². The Morgan fingerprint density at radius 1 is 1.02 bits per heavy atom. The van der Waals surface area contributed by atoms with Crippen molar-refractivity contribution >= 4 is 28.6 Å². The van der Waals surface area contributed by atoms with Gasteiger partial charge in [0, 0.05) is 46.7 Å². The SMILES string of the molecule is CCOc1ccc(-c2c(O)c(-c3cc(C(=O)Nc4cc(C(F)(F)F)ccn4)ccc3C)cc3cnc(N)nc23)cn1. The smallest absolute Gasteiger partial charge is 0.416 e. The van der Waals surface area contributed by atoms with Gasteiger partial charge in [0.25, 0.3) is 5.91 Å². The lowest BCUT2D eigenvalue weighted by Crippen LogP contribution is -2.14. The minimum atomic E-state index is -4.59. The van der Waals surface area contributed by atoms with Crippen LogP contribution in [0.5, 0.6) is 11.6 Å². The number of hydrogen-bond donors (Lipinski definition) is 3. The molecule has 0 radical (unpaired) electrons. The number of hydrogen-bond acceptors (Lipinski definition) is 8. The predicted octanol–water partition coefficient (Wildman–Crippen LogP) is 6.02. The van der Waals surface area contributed by atoms with Crippen LogP contribution < -0.4 is 15.8 Å². The fourth-order valence-corrected chi connectivity index (χ4v) is 4.34. The van der Waals surface area contributed by atoms with Crippen LogP contribution in [0.3, 0.4) is 0 Å². The molecule has 4 N–H and O–H groups in total. The second-order valence-corrected chi connectivity index (χ2v) is 9.04. The number of nitrogens with one attached hydrogen (secondary N) is 1. The summed E-state index contributed by atoms with van der Waals surface area (Å²) < 4.78 is 44.7. The number of benzene rings is 2. The van der Waals surface area contributed by atoms with Crippen molar-refractivity contribution in [2.45, 2.75) is 20.0 Å². The second kappa shape index (κ2) is 10.7. The molecule has 0 fully saturated rings. The number of phenols is 1. The number of nitrogens with zero attached hydrogens (tertiary/aromatic N) is 4. The van der Waals surface area contributed by atoms with Crippen LogP contribution in [0.1, 0.15) is 28.4 Å². The molecule has 0 aliphatic heterocycles. The summed E-state index contributed by atoms with van der Waals surface area (Å²) in [4.78, 5) is 29.6. The summed E-state index contributed by atoms with van der Waals surface area (Å²) in [5.41, 5.74) is 7.95. The average Bonchev–Trinajstić information content (AvgIpc) is 2.94. The monoisotopic (exact) mass is 560 g/mol. The number of phenolic OH excluding ortho intramolecular Hbond substituents is 1. The number of nitrogen functional groups attached to an aromatic ring is 1. The van der Waals surface area contributed by atoms with Crippen LogP contribution in [-0.4, -0.2) is 37.6 Å². The first kappa shape index (κ1) is 27.3. The fraction of sp³-hybridized carbons (Fsp3) is 0.138. The number of ether oxygens (including phenoxy) is 1. The Morgan fingerprint density at radius 2 is 1.83 bits per heavy atom. The highest BCUT2D eigenvalue weighted by Crippen LogP contribution is 2.44. The Labute approximate surface area is 231 Å². The molecule has 2 aromatic carbocycles. The zero-order chi connectivity index (χ0) is 29.3. The molecule has 0 aliphatic carbocycles. The number of aromatic nitrogens is 4. The average molecular weight is 561 g/mol. The van der Waals surface area contributed by atoms with Crippen LogP contribution in [0.4, 0.5) is 24.9 Å². The van der Waals surface area contributed by atoms with Crippen LogP contribution in [-0.2, 0) is 6.18 Å². The number of halogens is 3. The first-order valence-corrected chi connectivity index (χ1v) is 12.4.